The van der Waals surface area contributed by atoms with Crippen LogP contribution in [0.1, 0.15) is 57.4 Å². The van der Waals surface area contributed by atoms with Crippen molar-refractivity contribution in [3.8, 4) is 5.75 Å². The fourth-order valence-corrected chi connectivity index (χ4v) is 4.08. The minimum absolute atomic E-state index is 0.00178. The van der Waals surface area contributed by atoms with Crippen LogP contribution < -0.4 is 4.74 Å². The molecular formula is C22H32N2O3. The maximum Gasteiger partial charge on any atom is 0.260 e. The predicted molar refractivity (Wildman–Crippen MR) is 106 cm³/mol. The first-order valence-corrected chi connectivity index (χ1v) is 10.4. The fraction of sp³-hybridized carbons (Fsp3) is 0.636. The van der Waals surface area contributed by atoms with E-state index in [1.807, 2.05) is 28.0 Å². The Morgan fingerprint density at radius 3 is 2.37 bits per heavy atom. The third-order valence-electron chi connectivity index (χ3n) is 6.06. The third-order valence-corrected chi connectivity index (χ3v) is 6.06. The van der Waals surface area contributed by atoms with Gasteiger partial charge in [0.25, 0.3) is 5.91 Å². The third kappa shape index (κ3) is 4.82. The van der Waals surface area contributed by atoms with Crippen LogP contribution in [-0.4, -0.2) is 54.4 Å². The molecule has 1 unspecified atom stereocenters. The summed E-state index contributed by atoms with van der Waals surface area (Å²) in [5, 5.41) is 0. The number of ether oxygens (including phenoxy) is 1. The lowest BCUT2D eigenvalue weighted by Crippen LogP contribution is -2.52. The smallest absolute Gasteiger partial charge is 0.260 e. The molecule has 5 heteroatoms. The predicted octanol–water partition coefficient (Wildman–Crippen LogP) is 3.44. The van der Waals surface area contributed by atoms with Crippen LogP contribution in [0.15, 0.2) is 24.3 Å². The van der Waals surface area contributed by atoms with Gasteiger partial charge in [0, 0.05) is 32.1 Å². The molecule has 1 saturated heterocycles. The highest BCUT2D eigenvalue weighted by atomic mass is 16.5. The Morgan fingerprint density at radius 1 is 1.07 bits per heavy atom. The van der Waals surface area contributed by atoms with Crippen LogP contribution in [0.3, 0.4) is 0 Å². The van der Waals surface area contributed by atoms with E-state index < -0.39 is 0 Å². The molecule has 5 nitrogen and oxygen atoms in total. The first-order chi connectivity index (χ1) is 13.1. The van der Waals surface area contributed by atoms with Gasteiger partial charge < -0.3 is 14.5 Å². The van der Waals surface area contributed by atoms with Crippen LogP contribution in [0.2, 0.25) is 0 Å². The molecule has 1 heterocycles. The number of para-hydroxylation sites is 1. The van der Waals surface area contributed by atoms with Crippen molar-refractivity contribution >= 4 is 11.8 Å². The van der Waals surface area contributed by atoms with Gasteiger partial charge in [0.1, 0.15) is 5.75 Å². The van der Waals surface area contributed by atoms with E-state index >= 15 is 0 Å². The number of piperazine rings is 1. The maximum atomic E-state index is 12.6. The average molecular weight is 373 g/mol. The standard InChI is InChI=1S/C22H32N2O3/c1-3-17(2)19-10-6-7-11-20(19)27-16-21(25)23-12-14-24(15-13-23)22(26)18-8-4-5-9-18/h6-7,10-11,17-18H,3-5,8-9,12-16H2,1-2H3. The summed E-state index contributed by atoms with van der Waals surface area (Å²) >= 11 is 0. The van der Waals surface area contributed by atoms with Crippen LogP contribution in [-0.2, 0) is 9.59 Å². The summed E-state index contributed by atoms with van der Waals surface area (Å²) in [7, 11) is 0. The fourth-order valence-electron chi connectivity index (χ4n) is 4.08. The van der Waals surface area contributed by atoms with Gasteiger partial charge in [0.05, 0.1) is 0 Å². The van der Waals surface area contributed by atoms with Gasteiger partial charge in [-0.05, 0) is 36.8 Å². The lowest BCUT2D eigenvalue weighted by atomic mass is 9.98. The molecule has 1 aliphatic heterocycles. The zero-order valence-corrected chi connectivity index (χ0v) is 16.7. The lowest BCUT2D eigenvalue weighted by molar-refractivity contribution is -0.142. The maximum absolute atomic E-state index is 12.6. The van der Waals surface area contributed by atoms with Gasteiger partial charge >= 0.3 is 0 Å². The van der Waals surface area contributed by atoms with Crippen molar-refractivity contribution in [2.24, 2.45) is 5.92 Å². The second kappa shape index (κ2) is 9.25. The topological polar surface area (TPSA) is 49.9 Å². The molecule has 148 valence electrons. The van der Waals surface area contributed by atoms with E-state index in [0.29, 0.717) is 38.0 Å². The van der Waals surface area contributed by atoms with Crippen molar-refractivity contribution in [2.75, 3.05) is 32.8 Å². The van der Waals surface area contributed by atoms with Gasteiger partial charge in [-0.1, -0.05) is 44.9 Å². The van der Waals surface area contributed by atoms with Gasteiger partial charge in [0.15, 0.2) is 6.61 Å². The SMILES string of the molecule is CCC(C)c1ccccc1OCC(=O)N1CCN(C(=O)C2CCCC2)CC1. The minimum Gasteiger partial charge on any atom is -0.483 e. The summed E-state index contributed by atoms with van der Waals surface area (Å²) in [6, 6.07) is 7.96. The number of benzene rings is 1. The van der Waals surface area contributed by atoms with E-state index in [-0.39, 0.29) is 18.4 Å². The lowest BCUT2D eigenvalue weighted by Gasteiger charge is -2.36. The Morgan fingerprint density at radius 2 is 1.70 bits per heavy atom. The van der Waals surface area contributed by atoms with Gasteiger partial charge in [-0.15, -0.1) is 0 Å². The summed E-state index contributed by atoms with van der Waals surface area (Å²) in [6.45, 7) is 6.88. The second-order valence-electron chi connectivity index (χ2n) is 7.82. The number of amides is 2. The molecule has 0 N–H and O–H groups in total. The largest absolute Gasteiger partial charge is 0.483 e. The van der Waals surface area contributed by atoms with Crippen molar-refractivity contribution in [3.05, 3.63) is 29.8 Å². The molecule has 0 radical (unpaired) electrons. The molecule has 1 aromatic carbocycles. The van der Waals surface area contributed by atoms with E-state index in [1.54, 1.807) is 0 Å². The summed E-state index contributed by atoms with van der Waals surface area (Å²) in [5.74, 6) is 1.71. The van der Waals surface area contributed by atoms with Gasteiger partial charge in [0.2, 0.25) is 5.91 Å². The van der Waals surface area contributed by atoms with Gasteiger partial charge in [-0.25, -0.2) is 0 Å². The van der Waals surface area contributed by atoms with Gasteiger partial charge in [-0.2, -0.15) is 0 Å². The Bertz CT molecular complexity index is 647. The highest BCUT2D eigenvalue weighted by Gasteiger charge is 2.30. The molecule has 1 aliphatic carbocycles. The van der Waals surface area contributed by atoms with E-state index in [0.717, 1.165) is 30.6 Å². The molecule has 1 atom stereocenters. The zero-order valence-electron chi connectivity index (χ0n) is 16.7. The van der Waals surface area contributed by atoms with Gasteiger partial charge in [-0.3, -0.25) is 9.59 Å². The molecule has 0 spiro atoms. The first-order valence-electron chi connectivity index (χ1n) is 10.4. The van der Waals surface area contributed by atoms with E-state index in [1.165, 1.54) is 12.8 Å². The Kier molecular flexibility index (Phi) is 6.75. The molecule has 27 heavy (non-hydrogen) atoms. The highest BCUT2D eigenvalue weighted by molar-refractivity contribution is 5.80. The second-order valence-corrected chi connectivity index (χ2v) is 7.82. The normalized spacial score (nSPS) is 19.2. The van der Waals surface area contributed by atoms with E-state index in [9.17, 15) is 9.59 Å². The van der Waals surface area contributed by atoms with Crippen molar-refractivity contribution in [3.63, 3.8) is 0 Å². The van der Waals surface area contributed by atoms with Crippen LogP contribution >= 0.6 is 0 Å². The molecule has 3 rings (SSSR count). The number of hydrogen-bond donors (Lipinski definition) is 0. The van der Waals surface area contributed by atoms with E-state index in [2.05, 4.69) is 19.9 Å². The van der Waals surface area contributed by atoms with Crippen molar-refractivity contribution < 1.29 is 14.3 Å². The van der Waals surface area contributed by atoms with Crippen molar-refractivity contribution in [1.82, 2.24) is 9.80 Å². The molecule has 1 saturated carbocycles. The Hall–Kier alpha value is -2.04. The van der Waals surface area contributed by atoms with Crippen molar-refractivity contribution in [1.29, 1.82) is 0 Å². The number of carbonyl (C=O) groups excluding carboxylic acids is 2. The number of rotatable bonds is 6. The summed E-state index contributed by atoms with van der Waals surface area (Å²) in [5.41, 5.74) is 1.15. The monoisotopic (exact) mass is 372 g/mol. The quantitative estimate of drug-likeness (QED) is 0.769. The minimum atomic E-state index is 0.00178. The Balaban J connectivity index is 1.48. The number of nitrogens with zero attached hydrogens (tertiary/aromatic N) is 2. The molecule has 2 amide bonds. The zero-order chi connectivity index (χ0) is 19.2. The van der Waals surface area contributed by atoms with Crippen LogP contribution in [0.5, 0.6) is 5.75 Å². The number of carbonyl (C=O) groups is 2. The molecule has 0 bridgehead atoms. The molecule has 1 aromatic rings. The summed E-state index contributed by atoms with van der Waals surface area (Å²) < 4.78 is 5.86. The van der Waals surface area contributed by atoms with E-state index in [4.69, 9.17) is 4.74 Å². The number of hydrogen-bond acceptors (Lipinski definition) is 3. The Labute approximate surface area is 162 Å². The molecule has 2 fully saturated rings. The molecule has 0 aromatic heterocycles. The first kappa shape index (κ1) is 19.7. The molecular weight excluding hydrogens is 340 g/mol. The van der Waals surface area contributed by atoms with Crippen molar-refractivity contribution in [2.45, 2.75) is 51.9 Å². The highest BCUT2D eigenvalue weighted by Crippen LogP contribution is 2.29. The van der Waals surface area contributed by atoms with Crippen LogP contribution in [0.25, 0.3) is 0 Å². The van der Waals surface area contributed by atoms with Crippen LogP contribution in [0, 0.1) is 5.92 Å². The van der Waals surface area contributed by atoms with Crippen LogP contribution in [0.4, 0.5) is 0 Å². The molecule has 2 aliphatic rings. The summed E-state index contributed by atoms with van der Waals surface area (Å²) in [6.07, 6.45) is 5.43. The summed E-state index contributed by atoms with van der Waals surface area (Å²) in [4.78, 5) is 28.8. The average Bonchev–Trinajstić information content (AvgIpc) is 3.26.